The molecule has 3 aromatic carbocycles. The summed E-state index contributed by atoms with van der Waals surface area (Å²) in [5, 5.41) is 3.90. The van der Waals surface area contributed by atoms with Crippen LogP contribution in [0.2, 0.25) is 10.0 Å². The quantitative estimate of drug-likeness (QED) is 0.287. The van der Waals surface area contributed by atoms with Crippen molar-refractivity contribution in [2.24, 2.45) is 5.92 Å². The van der Waals surface area contributed by atoms with E-state index in [1.165, 1.54) is 21.3 Å². The molecule has 5 rings (SSSR count). The number of para-hydroxylation sites is 1. The van der Waals surface area contributed by atoms with Gasteiger partial charge in [0.05, 0.1) is 37.9 Å². The van der Waals surface area contributed by atoms with E-state index in [0.717, 1.165) is 43.7 Å². The Morgan fingerprint density at radius 1 is 0.932 bits per heavy atom. The normalized spacial score (nSPS) is 19.1. The molecule has 9 nitrogen and oxygen atoms in total. The lowest BCUT2D eigenvalue weighted by Gasteiger charge is -2.35. The predicted molar refractivity (Wildman–Crippen MR) is 170 cm³/mol. The third-order valence-corrected chi connectivity index (χ3v) is 9.16. The predicted octanol–water partition coefficient (Wildman–Crippen LogP) is 6.09. The van der Waals surface area contributed by atoms with Crippen molar-refractivity contribution in [1.29, 1.82) is 0 Å². The smallest absolute Gasteiger partial charge is 0.256 e. The van der Waals surface area contributed by atoms with Crippen LogP contribution in [0.4, 0.5) is 5.69 Å². The highest BCUT2D eigenvalue weighted by atomic mass is 35.5. The third kappa shape index (κ3) is 6.91. The van der Waals surface area contributed by atoms with E-state index < -0.39 is 5.60 Å². The number of amides is 2. The van der Waals surface area contributed by atoms with Crippen molar-refractivity contribution in [3.8, 4) is 17.2 Å². The first-order chi connectivity index (χ1) is 21.3. The van der Waals surface area contributed by atoms with Gasteiger partial charge in [0, 0.05) is 23.7 Å². The van der Waals surface area contributed by atoms with Gasteiger partial charge in [-0.15, -0.1) is 0 Å². The molecule has 0 spiro atoms. The summed E-state index contributed by atoms with van der Waals surface area (Å²) in [5.41, 5.74) is 1.26. The molecule has 2 saturated heterocycles. The molecule has 234 valence electrons. The molecule has 44 heavy (non-hydrogen) atoms. The first-order valence-corrected chi connectivity index (χ1v) is 15.3. The van der Waals surface area contributed by atoms with Crippen LogP contribution in [-0.2, 0) is 15.1 Å². The number of carbonyl (C=O) groups excluding carboxylic acids is 2. The molecule has 0 bridgehead atoms. The third-order valence-electron chi connectivity index (χ3n) is 8.42. The van der Waals surface area contributed by atoms with Crippen molar-refractivity contribution in [2.75, 3.05) is 59.6 Å². The van der Waals surface area contributed by atoms with E-state index in [-0.39, 0.29) is 24.5 Å². The Labute approximate surface area is 267 Å². The zero-order valence-corrected chi connectivity index (χ0v) is 26.6. The number of rotatable bonds is 10. The van der Waals surface area contributed by atoms with E-state index in [4.69, 9.17) is 42.1 Å². The Bertz CT molecular complexity index is 1460. The minimum absolute atomic E-state index is 0.0372. The number of likely N-dealkylation sites (tertiary alicyclic amines) is 1. The zero-order valence-electron chi connectivity index (χ0n) is 25.1. The summed E-state index contributed by atoms with van der Waals surface area (Å²) >= 11 is 12.7. The summed E-state index contributed by atoms with van der Waals surface area (Å²) in [7, 11) is 4.54. The van der Waals surface area contributed by atoms with Crippen molar-refractivity contribution in [1.82, 2.24) is 9.80 Å². The van der Waals surface area contributed by atoms with Crippen LogP contribution in [0, 0.1) is 5.92 Å². The van der Waals surface area contributed by atoms with Gasteiger partial charge in [-0.25, -0.2) is 0 Å². The van der Waals surface area contributed by atoms with Crippen LogP contribution in [0.15, 0.2) is 60.7 Å². The molecule has 0 aliphatic carbocycles. The second-order valence-corrected chi connectivity index (χ2v) is 11.8. The number of nitrogens with one attached hydrogen (secondary N) is 1. The number of anilines is 1. The van der Waals surface area contributed by atoms with Crippen molar-refractivity contribution in [3.05, 3.63) is 81.8 Å². The zero-order chi connectivity index (χ0) is 31.3. The number of halogens is 2. The molecule has 2 amide bonds. The van der Waals surface area contributed by atoms with Crippen LogP contribution in [-0.4, -0.2) is 75.9 Å². The number of hydrogen-bond acceptors (Lipinski definition) is 7. The van der Waals surface area contributed by atoms with Gasteiger partial charge in [0.25, 0.3) is 5.91 Å². The highest BCUT2D eigenvalue weighted by Gasteiger charge is 2.43. The van der Waals surface area contributed by atoms with Crippen LogP contribution in [0.3, 0.4) is 0 Å². The van der Waals surface area contributed by atoms with Gasteiger partial charge >= 0.3 is 0 Å². The number of benzene rings is 3. The lowest BCUT2D eigenvalue weighted by atomic mass is 9.89. The first-order valence-electron chi connectivity index (χ1n) is 14.5. The maximum atomic E-state index is 13.8. The number of piperidine rings is 1. The monoisotopic (exact) mass is 641 g/mol. The molecule has 2 heterocycles. The highest BCUT2D eigenvalue weighted by Crippen LogP contribution is 2.41. The topological polar surface area (TPSA) is 89.6 Å². The van der Waals surface area contributed by atoms with Gasteiger partial charge in [-0.1, -0.05) is 47.5 Å². The summed E-state index contributed by atoms with van der Waals surface area (Å²) in [5.74, 6) is 0.999. The maximum Gasteiger partial charge on any atom is 0.256 e. The van der Waals surface area contributed by atoms with Gasteiger partial charge in [-0.2, -0.15) is 0 Å². The Morgan fingerprint density at radius 3 is 2.23 bits per heavy atom. The Morgan fingerprint density at radius 2 is 1.61 bits per heavy atom. The van der Waals surface area contributed by atoms with Crippen molar-refractivity contribution < 1.29 is 28.5 Å². The molecule has 0 unspecified atom stereocenters. The number of ether oxygens (including phenoxy) is 4. The van der Waals surface area contributed by atoms with Gasteiger partial charge < -0.3 is 34.1 Å². The van der Waals surface area contributed by atoms with Gasteiger partial charge in [0.15, 0.2) is 11.5 Å². The van der Waals surface area contributed by atoms with Gasteiger partial charge in [-0.3, -0.25) is 9.59 Å². The second kappa shape index (κ2) is 14.1. The standard InChI is InChI=1S/C33H37Cl2N3O6/c1-41-28-17-23(18-29(42-2)30(28)43-3)32(40)38-20-33(44-21-38,24-9-10-26(34)27(35)19-24)13-16-37-14-11-22(12-15-37)31(39)36-25-7-5-4-6-8-25/h4-10,17-19,22H,11-16,20-21H2,1-3H3,(H,36,39)/t33-/m0/s1. The molecule has 3 aromatic rings. The second-order valence-electron chi connectivity index (χ2n) is 11.0. The van der Waals surface area contributed by atoms with Crippen LogP contribution in [0.1, 0.15) is 35.2 Å². The molecule has 0 saturated carbocycles. The van der Waals surface area contributed by atoms with Crippen LogP contribution >= 0.6 is 23.2 Å². The van der Waals surface area contributed by atoms with Gasteiger partial charge in [-0.05, 0) is 74.3 Å². The average molecular weight is 643 g/mol. The fourth-order valence-electron chi connectivity index (χ4n) is 5.89. The van der Waals surface area contributed by atoms with Crippen LogP contribution in [0.5, 0.6) is 17.2 Å². The van der Waals surface area contributed by atoms with E-state index in [9.17, 15) is 9.59 Å². The van der Waals surface area contributed by atoms with E-state index in [1.54, 1.807) is 23.1 Å². The summed E-state index contributed by atoms with van der Waals surface area (Å²) in [6, 6.07) is 18.3. The lowest BCUT2D eigenvalue weighted by molar-refractivity contribution is -0.121. The molecule has 1 N–H and O–H groups in total. The maximum absolute atomic E-state index is 13.8. The van der Waals surface area contributed by atoms with Crippen molar-refractivity contribution in [3.63, 3.8) is 0 Å². The van der Waals surface area contributed by atoms with E-state index in [2.05, 4.69) is 10.2 Å². The summed E-state index contributed by atoms with van der Waals surface area (Å²) in [6.07, 6.45) is 2.15. The molecule has 2 fully saturated rings. The van der Waals surface area contributed by atoms with Crippen LogP contribution < -0.4 is 19.5 Å². The summed E-state index contributed by atoms with van der Waals surface area (Å²) in [6.45, 7) is 2.71. The van der Waals surface area contributed by atoms with E-state index in [1.807, 2.05) is 42.5 Å². The number of hydrogen-bond donors (Lipinski definition) is 1. The Kier molecular flexibility index (Phi) is 10.2. The van der Waals surface area contributed by atoms with E-state index >= 15 is 0 Å². The number of methoxy groups -OCH3 is 3. The largest absolute Gasteiger partial charge is 0.493 e. The fourth-order valence-corrected chi connectivity index (χ4v) is 6.19. The number of nitrogens with zero attached hydrogens (tertiary/aromatic N) is 2. The molecular formula is C33H37Cl2N3O6. The number of carbonyl (C=O) groups is 2. The lowest BCUT2D eigenvalue weighted by Crippen LogP contribution is -2.42. The summed E-state index contributed by atoms with van der Waals surface area (Å²) in [4.78, 5) is 30.6. The minimum Gasteiger partial charge on any atom is -0.493 e. The molecule has 2 aliphatic rings. The highest BCUT2D eigenvalue weighted by molar-refractivity contribution is 6.42. The van der Waals surface area contributed by atoms with Gasteiger partial charge in [0.2, 0.25) is 11.7 Å². The molecule has 0 aromatic heterocycles. The van der Waals surface area contributed by atoms with Gasteiger partial charge in [0.1, 0.15) is 12.3 Å². The fraction of sp³-hybridized carbons (Fsp3) is 0.394. The molecule has 0 radical (unpaired) electrons. The van der Waals surface area contributed by atoms with E-state index in [0.29, 0.717) is 45.8 Å². The molecule has 1 atom stereocenters. The SMILES string of the molecule is COc1cc(C(=O)N2CO[C@](CCN3CCC(C(=O)Nc4ccccc4)CC3)(c3ccc(Cl)c(Cl)c3)C2)cc(OC)c1OC. The molecule has 2 aliphatic heterocycles. The van der Waals surface area contributed by atoms with Crippen molar-refractivity contribution in [2.45, 2.75) is 24.9 Å². The van der Waals surface area contributed by atoms with Crippen LogP contribution in [0.25, 0.3) is 0 Å². The first kappa shape index (κ1) is 31.9. The molecule has 11 heteroatoms. The minimum atomic E-state index is -0.800. The molecular weight excluding hydrogens is 605 g/mol. The average Bonchev–Trinajstić information content (AvgIpc) is 3.50. The Balaban J connectivity index is 1.29. The van der Waals surface area contributed by atoms with Crippen molar-refractivity contribution >= 4 is 40.7 Å². The Hall–Kier alpha value is -3.50. The summed E-state index contributed by atoms with van der Waals surface area (Å²) < 4.78 is 22.8.